The molecule has 2 saturated heterocycles. The van der Waals surface area contributed by atoms with Crippen molar-refractivity contribution in [2.24, 2.45) is 32.3 Å². The Labute approximate surface area is 416 Å². The van der Waals surface area contributed by atoms with E-state index in [9.17, 15) is 19.5 Å². The predicted octanol–water partition coefficient (Wildman–Crippen LogP) is 2.48. The highest BCUT2D eigenvalue weighted by molar-refractivity contribution is 6.32. The van der Waals surface area contributed by atoms with Crippen molar-refractivity contribution in [1.29, 1.82) is 0 Å². The van der Waals surface area contributed by atoms with E-state index >= 15 is 0 Å². The molecule has 0 saturated carbocycles. The highest BCUT2D eigenvalue weighted by Gasteiger charge is 2.37. The van der Waals surface area contributed by atoms with E-state index in [0.717, 1.165) is 44.9 Å². The number of amides is 4. The predicted molar refractivity (Wildman–Crippen MR) is 272 cm³/mol. The molecule has 2 aromatic heterocycles. The molecule has 4 aromatic rings. The van der Waals surface area contributed by atoms with Crippen LogP contribution in [0.3, 0.4) is 0 Å². The number of nitrogens with one attached hydrogen (secondary N) is 4. The number of urea groups is 1. The zero-order valence-electron chi connectivity index (χ0n) is 39.0. The lowest BCUT2D eigenvalue weighted by atomic mass is 9.74. The Balaban J connectivity index is 0.933. The normalized spacial score (nSPS) is 16.6. The third-order valence-electron chi connectivity index (χ3n) is 13.0. The molecule has 17 N–H and O–H groups in total. The molecule has 4 amide bonds. The van der Waals surface area contributed by atoms with Crippen molar-refractivity contribution in [3.8, 4) is 0 Å². The molecule has 2 aliphatic heterocycles. The average molecular weight is 1000 g/mol. The lowest BCUT2D eigenvalue weighted by molar-refractivity contribution is -0.0541. The van der Waals surface area contributed by atoms with Crippen LogP contribution in [0.25, 0.3) is 0 Å². The van der Waals surface area contributed by atoms with Gasteiger partial charge >= 0.3 is 6.03 Å². The molecule has 4 heterocycles. The average Bonchev–Trinajstić information content (AvgIpc) is 3.35. The highest BCUT2D eigenvalue weighted by Crippen LogP contribution is 2.38. The number of rotatable bonds is 19. The van der Waals surface area contributed by atoms with Crippen molar-refractivity contribution in [3.05, 3.63) is 93.5 Å². The van der Waals surface area contributed by atoms with Gasteiger partial charge in [-0.3, -0.25) is 40.4 Å². The van der Waals surface area contributed by atoms with Gasteiger partial charge in [-0.15, -0.1) is 0 Å². The number of likely N-dealkylation sites (tertiary alicyclic amines) is 2. The Morgan fingerprint density at radius 1 is 0.643 bits per heavy atom. The summed E-state index contributed by atoms with van der Waals surface area (Å²) in [6.07, 6.45) is 6.69. The van der Waals surface area contributed by atoms with Crippen molar-refractivity contribution < 1.29 is 19.5 Å². The molecule has 2 aromatic carbocycles. The number of carbonyl (C=O) groups excluding carboxylic acids is 3. The summed E-state index contributed by atoms with van der Waals surface area (Å²) in [7, 11) is 0. The summed E-state index contributed by atoms with van der Waals surface area (Å²) in [5.74, 6) is -2.18. The number of anilines is 4. The van der Waals surface area contributed by atoms with E-state index in [4.69, 9.17) is 57.6 Å². The van der Waals surface area contributed by atoms with Crippen LogP contribution in [0.4, 0.5) is 28.1 Å². The number of nitrogens with two attached hydrogens (primary N) is 6. The maximum absolute atomic E-state index is 13.3. The second kappa shape index (κ2) is 24.8. The molecule has 6 rings (SSSR count). The molecule has 70 heavy (non-hydrogen) atoms. The maximum Gasteiger partial charge on any atom is 0.317 e. The topological polar surface area (TPSA) is 358 Å². The Bertz CT molecular complexity index is 2470. The van der Waals surface area contributed by atoms with Crippen molar-refractivity contribution >= 4 is 76.2 Å². The molecule has 24 heteroatoms. The van der Waals surface area contributed by atoms with E-state index in [1.165, 1.54) is 11.1 Å². The van der Waals surface area contributed by atoms with E-state index in [1.54, 1.807) is 0 Å². The van der Waals surface area contributed by atoms with Crippen LogP contribution in [-0.2, 0) is 12.8 Å². The standard InChI is InChI=1S/C46H64Cl2N18O4/c47-33-37(51)61-35(49)31(59-33)39(67)63-41(53)57-27-45(15-13-29-9-3-1-4-10-29)17-23-65(24-18-45)43(69)55-21-7-8-22-56-44(70)66-25-19-46(20-26-66,16-14-30-11-5-2-6-12-30)28-58-42(54)64-40(68)32-36(50)62-38(52)34(48)60-32/h1-6,9-12,43,55,69H,7-8,13-28H2,(H,56,70)(H4,49,51,61)(H4,50,52,62)(H3,53,57,63,67)(H3,54,58,64,68). The summed E-state index contributed by atoms with van der Waals surface area (Å²) >= 11 is 11.9. The van der Waals surface area contributed by atoms with Gasteiger partial charge in [0.1, 0.15) is 0 Å². The number of nitrogens with zero attached hydrogens (tertiary/aromatic N) is 8. The monoisotopic (exact) mass is 1000 g/mol. The minimum atomic E-state index is -0.852. The number of nitrogen functional groups attached to an aromatic ring is 4. The van der Waals surface area contributed by atoms with Crippen LogP contribution < -0.4 is 55.7 Å². The summed E-state index contributed by atoms with van der Waals surface area (Å²) in [5, 5.41) is 22.1. The van der Waals surface area contributed by atoms with Gasteiger partial charge in [0.25, 0.3) is 11.8 Å². The smallest absolute Gasteiger partial charge is 0.317 e. The van der Waals surface area contributed by atoms with Crippen molar-refractivity contribution in [2.75, 3.05) is 75.3 Å². The third kappa shape index (κ3) is 15.0. The van der Waals surface area contributed by atoms with E-state index in [2.05, 4.69) is 75.5 Å². The Hall–Kier alpha value is -6.59. The first-order valence-corrected chi connectivity index (χ1v) is 24.0. The first kappa shape index (κ1) is 52.8. The molecule has 2 aliphatic rings. The second-order valence-electron chi connectivity index (χ2n) is 17.8. The van der Waals surface area contributed by atoms with Gasteiger partial charge in [0.05, 0.1) is 0 Å². The van der Waals surface area contributed by atoms with Crippen LogP contribution >= 0.6 is 23.2 Å². The maximum atomic E-state index is 13.3. The fourth-order valence-corrected chi connectivity index (χ4v) is 8.83. The number of aliphatic imine (C=N–C) groups is 2. The molecule has 0 aliphatic carbocycles. The number of aliphatic hydroxyl groups is 1. The fourth-order valence-electron chi connectivity index (χ4n) is 8.58. The number of hydrogen-bond acceptors (Lipinski definition) is 16. The SMILES string of the molecule is NC(=NCC1(CCc2ccccc2)CCN(C(=O)NCCCCNC(O)N2CCC(CCc3ccccc3)(CN=C(N)NC(=O)c3nc(Cl)c(N)nc3N)CC2)CC1)NC(=O)c1nc(Cl)c(N)nc1N. The Morgan fingerprint density at radius 3 is 1.53 bits per heavy atom. The van der Waals surface area contributed by atoms with E-state index < -0.39 is 18.2 Å². The number of benzene rings is 2. The van der Waals surface area contributed by atoms with Gasteiger partial charge in [-0.25, -0.2) is 24.7 Å². The fraction of sp³-hybridized carbons (Fsp3) is 0.457. The number of halogens is 2. The zero-order valence-corrected chi connectivity index (χ0v) is 40.6. The summed E-state index contributed by atoms with van der Waals surface area (Å²) in [4.78, 5) is 67.5. The first-order valence-electron chi connectivity index (χ1n) is 23.2. The minimum absolute atomic E-state index is 0.0919. The number of hydrogen-bond donors (Lipinski definition) is 11. The van der Waals surface area contributed by atoms with Crippen LogP contribution in [0, 0.1) is 10.8 Å². The second-order valence-corrected chi connectivity index (χ2v) is 18.6. The Kier molecular flexibility index (Phi) is 18.7. The number of aryl methyl sites for hydroxylation is 2. The van der Waals surface area contributed by atoms with E-state index in [1.807, 2.05) is 46.2 Å². The van der Waals surface area contributed by atoms with E-state index in [-0.39, 0.29) is 73.7 Å². The third-order valence-corrected chi connectivity index (χ3v) is 13.5. The molecule has 2 fully saturated rings. The largest absolute Gasteiger partial charge is 0.382 e. The van der Waals surface area contributed by atoms with Crippen LogP contribution in [-0.4, -0.2) is 123 Å². The van der Waals surface area contributed by atoms with Crippen LogP contribution in [0.2, 0.25) is 10.3 Å². The molecular weight excluding hydrogens is 940 g/mol. The van der Waals surface area contributed by atoms with Gasteiger partial charge < -0.3 is 49.7 Å². The minimum Gasteiger partial charge on any atom is -0.382 e. The molecule has 376 valence electrons. The van der Waals surface area contributed by atoms with Gasteiger partial charge in [0, 0.05) is 45.8 Å². The number of piperidine rings is 2. The Morgan fingerprint density at radius 2 is 1.07 bits per heavy atom. The van der Waals surface area contributed by atoms with Gasteiger partial charge in [0.15, 0.2) is 63.2 Å². The molecule has 0 bridgehead atoms. The molecule has 1 atom stereocenters. The lowest BCUT2D eigenvalue weighted by Gasteiger charge is -2.43. The van der Waals surface area contributed by atoms with Gasteiger partial charge in [0.2, 0.25) is 0 Å². The van der Waals surface area contributed by atoms with Crippen LogP contribution in [0.15, 0.2) is 70.6 Å². The summed E-state index contributed by atoms with van der Waals surface area (Å²) in [5.41, 5.74) is 36.8. The first-order chi connectivity index (χ1) is 33.5. The summed E-state index contributed by atoms with van der Waals surface area (Å²) in [6.45, 7) is 3.99. The zero-order chi connectivity index (χ0) is 50.3. The van der Waals surface area contributed by atoms with Gasteiger partial charge in [-0.1, -0.05) is 83.9 Å². The van der Waals surface area contributed by atoms with Crippen molar-refractivity contribution in [2.45, 2.75) is 70.6 Å². The van der Waals surface area contributed by atoms with E-state index in [0.29, 0.717) is 71.6 Å². The summed E-state index contributed by atoms with van der Waals surface area (Å²) in [6, 6.07) is 20.2. The van der Waals surface area contributed by atoms with Crippen molar-refractivity contribution in [3.63, 3.8) is 0 Å². The van der Waals surface area contributed by atoms with Crippen LogP contribution in [0.1, 0.15) is 83.5 Å². The van der Waals surface area contributed by atoms with Gasteiger partial charge in [-0.2, -0.15) is 0 Å². The van der Waals surface area contributed by atoms with Crippen LogP contribution in [0.5, 0.6) is 0 Å². The molecule has 0 spiro atoms. The number of aromatic nitrogens is 4. The molecular formula is C46H64Cl2N18O4. The number of carbonyl (C=O) groups is 3. The number of aliphatic hydroxyl groups excluding tert-OH is 1. The van der Waals surface area contributed by atoms with Crippen molar-refractivity contribution in [1.82, 2.24) is 51.0 Å². The quantitative estimate of drug-likeness (QED) is 0.0278. The highest BCUT2D eigenvalue weighted by atomic mass is 35.5. The molecule has 1 unspecified atom stereocenters. The summed E-state index contributed by atoms with van der Waals surface area (Å²) < 4.78 is 0. The lowest BCUT2D eigenvalue weighted by Crippen LogP contribution is -2.52. The number of unbranched alkanes of at least 4 members (excludes halogenated alkanes) is 1. The van der Waals surface area contributed by atoms with Gasteiger partial charge in [-0.05, 0) is 92.7 Å². The molecule has 0 radical (unpaired) electrons. The number of guanidine groups is 2. The molecule has 22 nitrogen and oxygen atoms in total.